The summed E-state index contributed by atoms with van der Waals surface area (Å²) in [6, 6.07) is 9.47. The summed E-state index contributed by atoms with van der Waals surface area (Å²) >= 11 is 0. The molecule has 0 saturated heterocycles. The molecule has 3 nitrogen and oxygen atoms in total. The number of benzene rings is 1. The predicted octanol–water partition coefficient (Wildman–Crippen LogP) is 2.26. The molecule has 1 heterocycles. The second-order valence-electron chi connectivity index (χ2n) is 3.21. The van der Waals surface area contributed by atoms with E-state index in [9.17, 15) is 4.39 Å². The molecule has 0 fully saturated rings. The SMILES string of the molecule is NC(=Nc1cccc(F)c1)c1ccncc1. The van der Waals surface area contributed by atoms with Crippen molar-refractivity contribution >= 4 is 11.5 Å². The molecule has 80 valence electrons. The highest BCUT2D eigenvalue weighted by atomic mass is 19.1. The molecule has 0 aliphatic heterocycles. The Balaban J connectivity index is 2.32. The maximum absolute atomic E-state index is 12.9. The fourth-order valence-electron chi connectivity index (χ4n) is 1.27. The number of hydrogen-bond acceptors (Lipinski definition) is 2. The number of pyridine rings is 1. The molecule has 0 aliphatic rings. The molecule has 0 radical (unpaired) electrons. The number of nitrogens with two attached hydrogens (primary N) is 1. The lowest BCUT2D eigenvalue weighted by Crippen LogP contribution is -2.12. The third-order valence-corrected chi connectivity index (χ3v) is 2.03. The average Bonchev–Trinajstić information content (AvgIpc) is 2.30. The minimum absolute atomic E-state index is 0.330. The maximum Gasteiger partial charge on any atom is 0.131 e. The maximum atomic E-state index is 12.9. The van der Waals surface area contributed by atoms with Gasteiger partial charge in [-0.15, -0.1) is 0 Å². The number of aromatic nitrogens is 1. The fourth-order valence-corrected chi connectivity index (χ4v) is 1.27. The van der Waals surface area contributed by atoms with Gasteiger partial charge >= 0.3 is 0 Å². The van der Waals surface area contributed by atoms with Crippen LogP contribution in [0.5, 0.6) is 0 Å². The van der Waals surface area contributed by atoms with E-state index in [0.717, 1.165) is 5.56 Å². The van der Waals surface area contributed by atoms with Crippen LogP contribution in [0.15, 0.2) is 53.8 Å². The molecule has 1 aromatic heterocycles. The van der Waals surface area contributed by atoms with Crippen LogP contribution in [-0.2, 0) is 0 Å². The van der Waals surface area contributed by atoms with Gasteiger partial charge in [-0.05, 0) is 30.3 Å². The minimum atomic E-state index is -0.330. The van der Waals surface area contributed by atoms with E-state index in [2.05, 4.69) is 9.98 Å². The topological polar surface area (TPSA) is 51.3 Å². The highest BCUT2D eigenvalue weighted by molar-refractivity contribution is 5.98. The van der Waals surface area contributed by atoms with Gasteiger partial charge < -0.3 is 5.73 Å². The van der Waals surface area contributed by atoms with Crippen molar-refractivity contribution in [3.05, 3.63) is 60.2 Å². The quantitative estimate of drug-likeness (QED) is 0.617. The first-order chi connectivity index (χ1) is 7.75. The summed E-state index contributed by atoms with van der Waals surface area (Å²) in [5, 5.41) is 0. The van der Waals surface area contributed by atoms with E-state index in [1.165, 1.54) is 12.1 Å². The Morgan fingerprint density at radius 3 is 2.62 bits per heavy atom. The Bertz CT molecular complexity index is 509. The third-order valence-electron chi connectivity index (χ3n) is 2.03. The zero-order chi connectivity index (χ0) is 11.4. The van der Waals surface area contributed by atoms with Crippen LogP contribution in [0.2, 0.25) is 0 Å². The van der Waals surface area contributed by atoms with Crippen molar-refractivity contribution in [1.29, 1.82) is 0 Å². The van der Waals surface area contributed by atoms with Crippen LogP contribution in [0.3, 0.4) is 0 Å². The van der Waals surface area contributed by atoms with Crippen molar-refractivity contribution in [2.75, 3.05) is 0 Å². The fraction of sp³-hybridized carbons (Fsp3) is 0. The minimum Gasteiger partial charge on any atom is -0.383 e. The second kappa shape index (κ2) is 4.53. The Labute approximate surface area is 92.5 Å². The van der Waals surface area contributed by atoms with Crippen molar-refractivity contribution in [3.8, 4) is 0 Å². The zero-order valence-corrected chi connectivity index (χ0v) is 8.47. The molecule has 2 N–H and O–H groups in total. The summed E-state index contributed by atoms with van der Waals surface area (Å²) in [5.41, 5.74) is 7.03. The van der Waals surface area contributed by atoms with E-state index < -0.39 is 0 Å². The lowest BCUT2D eigenvalue weighted by atomic mass is 10.2. The van der Waals surface area contributed by atoms with Gasteiger partial charge in [0.15, 0.2) is 0 Å². The van der Waals surface area contributed by atoms with Gasteiger partial charge in [0, 0.05) is 18.0 Å². The Hall–Kier alpha value is -2.23. The monoisotopic (exact) mass is 215 g/mol. The first-order valence-corrected chi connectivity index (χ1v) is 4.76. The summed E-state index contributed by atoms with van der Waals surface area (Å²) in [4.78, 5) is 8.00. The van der Waals surface area contributed by atoms with Gasteiger partial charge in [0.05, 0.1) is 5.69 Å². The summed E-state index contributed by atoms with van der Waals surface area (Å²) < 4.78 is 12.9. The summed E-state index contributed by atoms with van der Waals surface area (Å²) in [6.45, 7) is 0. The van der Waals surface area contributed by atoms with E-state index >= 15 is 0 Å². The third kappa shape index (κ3) is 2.42. The lowest BCUT2D eigenvalue weighted by molar-refractivity contribution is 0.628. The van der Waals surface area contributed by atoms with Crippen LogP contribution >= 0.6 is 0 Å². The van der Waals surface area contributed by atoms with Gasteiger partial charge in [-0.25, -0.2) is 9.38 Å². The number of hydrogen-bond donors (Lipinski definition) is 1. The highest BCUT2D eigenvalue weighted by Crippen LogP contribution is 2.13. The van der Waals surface area contributed by atoms with Gasteiger partial charge in [0.2, 0.25) is 0 Å². The number of aliphatic imine (C=N–C) groups is 1. The van der Waals surface area contributed by atoms with Crippen molar-refractivity contribution in [2.24, 2.45) is 10.7 Å². The second-order valence-corrected chi connectivity index (χ2v) is 3.21. The van der Waals surface area contributed by atoms with Crippen molar-refractivity contribution in [1.82, 2.24) is 4.98 Å². The smallest absolute Gasteiger partial charge is 0.131 e. The Morgan fingerprint density at radius 1 is 1.19 bits per heavy atom. The van der Waals surface area contributed by atoms with Gasteiger partial charge in [-0.3, -0.25) is 4.98 Å². The predicted molar refractivity (Wildman–Crippen MR) is 61.0 cm³/mol. The van der Waals surface area contributed by atoms with Gasteiger partial charge in [0.1, 0.15) is 11.7 Å². The molecule has 0 aliphatic carbocycles. The van der Waals surface area contributed by atoms with Gasteiger partial charge in [0.25, 0.3) is 0 Å². The molecule has 0 amide bonds. The molecular formula is C12H10FN3. The molecule has 2 rings (SSSR count). The normalized spacial score (nSPS) is 11.4. The highest BCUT2D eigenvalue weighted by Gasteiger charge is 1.98. The Morgan fingerprint density at radius 2 is 1.94 bits per heavy atom. The molecule has 0 atom stereocenters. The molecule has 2 aromatic rings. The first kappa shape index (κ1) is 10.3. The van der Waals surface area contributed by atoms with Crippen LogP contribution < -0.4 is 5.73 Å². The lowest BCUT2D eigenvalue weighted by Gasteiger charge is -2.00. The van der Waals surface area contributed by atoms with E-state index in [-0.39, 0.29) is 5.82 Å². The van der Waals surface area contributed by atoms with Crippen LogP contribution in [0.25, 0.3) is 0 Å². The van der Waals surface area contributed by atoms with Crippen LogP contribution in [0, 0.1) is 5.82 Å². The van der Waals surface area contributed by atoms with E-state index in [4.69, 9.17) is 5.73 Å². The van der Waals surface area contributed by atoms with Crippen molar-refractivity contribution in [3.63, 3.8) is 0 Å². The van der Waals surface area contributed by atoms with Gasteiger partial charge in [-0.2, -0.15) is 0 Å². The summed E-state index contributed by atoms with van der Waals surface area (Å²) in [6.07, 6.45) is 3.26. The first-order valence-electron chi connectivity index (χ1n) is 4.76. The van der Waals surface area contributed by atoms with E-state index in [1.54, 1.807) is 36.7 Å². The van der Waals surface area contributed by atoms with E-state index in [0.29, 0.717) is 11.5 Å². The molecule has 0 spiro atoms. The van der Waals surface area contributed by atoms with Crippen LogP contribution in [0.4, 0.5) is 10.1 Å². The zero-order valence-electron chi connectivity index (χ0n) is 8.47. The molecule has 0 bridgehead atoms. The molecule has 0 saturated carbocycles. The molecule has 1 aromatic carbocycles. The largest absolute Gasteiger partial charge is 0.383 e. The molecular weight excluding hydrogens is 205 g/mol. The number of amidine groups is 1. The van der Waals surface area contributed by atoms with E-state index in [1.807, 2.05) is 0 Å². The van der Waals surface area contributed by atoms with Crippen LogP contribution in [0.1, 0.15) is 5.56 Å². The standard InChI is InChI=1S/C12H10FN3/c13-10-2-1-3-11(8-10)16-12(14)9-4-6-15-7-5-9/h1-8H,(H2,14,16). The summed E-state index contributed by atoms with van der Waals surface area (Å²) in [5.74, 6) is 0.0109. The van der Waals surface area contributed by atoms with Crippen molar-refractivity contribution < 1.29 is 4.39 Å². The van der Waals surface area contributed by atoms with Crippen LogP contribution in [-0.4, -0.2) is 10.8 Å². The number of rotatable bonds is 2. The number of nitrogens with zero attached hydrogens (tertiary/aromatic N) is 2. The average molecular weight is 215 g/mol. The van der Waals surface area contributed by atoms with Crippen molar-refractivity contribution in [2.45, 2.75) is 0 Å². The van der Waals surface area contributed by atoms with Gasteiger partial charge in [-0.1, -0.05) is 6.07 Å². The molecule has 4 heteroatoms. The summed E-state index contributed by atoms with van der Waals surface area (Å²) in [7, 11) is 0. The Kier molecular flexibility index (Phi) is 2.91. The molecule has 0 unspecified atom stereocenters. The molecule has 16 heavy (non-hydrogen) atoms. The number of halogens is 1.